The summed E-state index contributed by atoms with van der Waals surface area (Å²) in [5.41, 5.74) is 7.70. The van der Waals surface area contributed by atoms with Gasteiger partial charge in [-0.2, -0.15) is 15.0 Å². The van der Waals surface area contributed by atoms with Crippen molar-refractivity contribution < 1.29 is 14.2 Å². The fourth-order valence-corrected chi connectivity index (χ4v) is 2.13. The number of aryl methyl sites for hydroxylation is 1. The van der Waals surface area contributed by atoms with Gasteiger partial charge in [0.25, 0.3) is 0 Å². The van der Waals surface area contributed by atoms with Crippen molar-refractivity contribution in [2.24, 2.45) is 5.73 Å². The number of nitrogens with one attached hydrogen (secondary N) is 2. The Bertz CT molecular complexity index is 669. The van der Waals surface area contributed by atoms with Gasteiger partial charge in [0, 0.05) is 19.6 Å². The predicted octanol–water partition coefficient (Wildman–Crippen LogP) is 1.20. The predicted molar refractivity (Wildman–Crippen MR) is 104 cm³/mol. The van der Waals surface area contributed by atoms with Crippen molar-refractivity contribution in [3.05, 3.63) is 35.4 Å². The van der Waals surface area contributed by atoms with Crippen LogP contribution in [0.3, 0.4) is 0 Å². The summed E-state index contributed by atoms with van der Waals surface area (Å²) in [6.07, 6.45) is 0. The summed E-state index contributed by atoms with van der Waals surface area (Å²) in [5, 5.41) is 6.29. The Kier molecular flexibility index (Phi) is 9.25. The summed E-state index contributed by atoms with van der Waals surface area (Å²) in [4.78, 5) is 12.8. The molecule has 0 saturated carbocycles. The first-order chi connectivity index (χ1) is 13.2. The maximum absolute atomic E-state index is 5.46. The Morgan fingerprint density at radius 1 is 0.889 bits per heavy atom. The summed E-state index contributed by atoms with van der Waals surface area (Å²) in [6, 6.07) is 8.51. The Hall–Kier alpha value is -2.49. The van der Waals surface area contributed by atoms with Crippen molar-refractivity contribution in [1.82, 2.24) is 15.0 Å². The smallest absolute Gasteiger partial charge is 0.322 e. The molecule has 27 heavy (non-hydrogen) atoms. The van der Waals surface area contributed by atoms with Crippen LogP contribution in [0.2, 0.25) is 0 Å². The molecule has 0 amide bonds. The molecule has 0 fully saturated rings. The summed E-state index contributed by atoms with van der Waals surface area (Å²) < 4.78 is 15.8. The van der Waals surface area contributed by atoms with E-state index in [0.29, 0.717) is 58.0 Å². The van der Waals surface area contributed by atoms with Gasteiger partial charge in [-0.1, -0.05) is 29.8 Å². The van der Waals surface area contributed by atoms with Crippen molar-refractivity contribution in [2.75, 3.05) is 57.3 Å². The zero-order valence-corrected chi connectivity index (χ0v) is 15.9. The van der Waals surface area contributed by atoms with E-state index in [2.05, 4.69) is 56.8 Å². The molecule has 2 aromatic rings. The van der Waals surface area contributed by atoms with E-state index in [1.807, 2.05) is 0 Å². The Morgan fingerprint density at radius 2 is 1.56 bits per heavy atom. The van der Waals surface area contributed by atoms with E-state index in [-0.39, 0.29) is 6.01 Å². The van der Waals surface area contributed by atoms with E-state index in [4.69, 9.17) is 19.9 Å². The van der Waals surface area contributed by atoms with Crippen LogP contribution in [-0.4, -0.2) is 61.6 Å². The van der Waals surface area contributed by atoms with Crippen molar-refractivity contribution >= 4 is 11.9 Å². The molecule has 1 aromatic carbocycles. The number of nitrogens with zero attached hydrogens (tertiary/aromatic N) is 3. The second kappa shape index (κ2) is 12.0. The van der Waals surface area contributed by atoms with E-state index in [0.717, 1.165) is 5.56 Å². The lowest BCUT2D eigenvalue weighted by atomic mass is 10.1. The van der Waals surface area contributed by atoms with Gasteiger partial charge in [-0.25, -0.2) is 0 Å². The van der Waals surface area contributed by atoms with Gasteiger partial charge in [0.1, 0.15) is 0 Å². The van der Waals surface area contributed by atoms with E-state index in [1.165, 1.54) is 12.7 Å². The summed E-state index contributed by atoms with van der Waals surface area (Å²) in [5.74, 6) is 0.872. The van der Waals surface area contributed by atoms with Gasteiger partial charge >= 0.3 is 6.01 Å². The molecule has 0 radical (unpaired) electrons. The van der Waals surface area contributed by atoms with Crippen LogP contribution in [0.5, 0.6) is 6.01 Å². The van der Waals surface area contributed by atoms with Crippen LogP contribution in [0.15, 0.2) is 24.3 Å². The Labute approximate surface area is 159 Å². The second-order valence-electron chi connectivity index (χ2n) is 5.75. The SMILES string of the molecule is COc1nc(NCCOCCOCCN)nc(NCc2ccc(C)cc2)n1. The van der Waals surface area contributed by atoms with Crippen LogP contribution < -0.4 is 21.1 Å². The minimum atomic E-state index is 0.245. The van der Waals surface area contributed by atoms with Crippen LogP contribution in [-0.2, 0) is 16.0 Å². The lowest BCUT2D eigenvalue weighted by Gasteiger charge is -2.10. The highest BCUT2D eigenvalue weighted by Crippen LogP contribution is 2.12. The maximum atomic E-state index is 5.46. The third-order valence-corrected chi connectivity index (χ3v) is 3.53. The van der Waals surface area contributed by atoms with Crippen molar-refractivity contribution in [2.45, 2.75) is 13.5 Å². The van der Waals surface area contributed by atoms with Gasteiger partial charge in [0.15, 0.2) is 0 Å². The van der Waals surface area contributed by atoms with Crippen molar-refractivity contribution in [1.29, 1.82) is 0 Å². The molecule has 0 saturated heterocycles. The molecule has 0 unspecified atom stereocenters. The number of benzene rings is 1. The third-order valence-electron chi connectivity index (χ3n) is 3.53. The van der Waals surface area contributed by atoms with Crippen LogP contribution in [0.25, 0.3) is 0 Å². The number of methoxy groups -OCH3 is 1. The minimum absolute atomic E-state index is 0.245. The highest BCUT2D eigenvalue weighted by Gasteiger charge is 2.06. The number of nitrogens with two attached hydrogens (primary N) is 1. The quantitative estimate of drug-likeness (QED) is 0.443. The molecule has 0 bridgehead atoms. The Balaban J connectivity index is 1.78. The number of hydrogen-bond acceptors (Lipinski definition) is 9. The maximum Gasteiger partial charge on any atom is 0.322 e. The summed E-state index contributed by atoms with van der Waals surface area (Å²) >= 11 is 0. The fourth-order valence-electron chi connectivity index (χ4n) is 2.13. The molecule has 2 rings (SSSR count). The third kappa shape index (κ3) is 8.16. The first kappa shape index (κ1) is 20.8. The molecule has 0 atom stereocenters. The minimum Gasteiger partial charge on any atom is -0.467 e. The highest BCUT2D eigenvalue weighted by molar-refractivity contribution is 5.37. The van der Waals surface area contributed by atoms with Crippen molar-refractivity contribution in [3.63, 3.8) is 0 Å². The number of ether oxygens (including phenoxy) is 3. The fraction of sp³-hybridized carbons (Fsp3) is 0.500. The van der Waals surface area contributed by atoms with Gasteiger partial charge in [-0.05, 0) is 12.5 Å². The largest absolute Gasteiger partial charge is 0.467 e. The van der Waals surface area contributed by atoms with Gasteiger partial charge in [-0.3, -0.25) is 0 Å². The first-order valence-corrected chi connectivity index (χ1v) is 8.90. The van der Waals surface area contributed by atoms with Crippen LogP contribution in [0, 0.1) is 6.92 Å². The van der Waals surface area contributed by atoms with Gasteiger partial charge in [0.05, 0.1) is 33.5 Å². The molecule has 0 aliphatic rings. The van der Waals surface area contributed by atoms with Crippen LogP contribution >= 0.6 is 0 Å². The molecule has 9 nitrogen and oxygen atoms in total. The molecular weight excluding hydrogens is 348 g/mol. The van der Waals surface area contributed by atoms with Crippen molar-refractivity contribution in [3.8, 4) is 6.01 Å². The van der Waals surface area contributed by atoms with E-state index >= 15 is 0 Å². The average Bonchev–Trinajstić information content (AvgIpc) is 2.69. The van der Waals surface area contributed by atoms with E-state index in [9.17, 15) is 0 Å². The normalized spacial score (nSPS) is 10.6. The monoisotopic (exact) mass is 376 g/mol. The van der Waals surface area contributed by atoms with E-state index in [1.54, 1.807) is 0 Å². The van der Waals surface area contributed by atoms with Crippen LogP contribution in [0.4, 0.5) is 11.9 Å². The van der Waals surface area contributed by atoms with Gasteiger partial charge in [0.2, 0.25) is 11.9 Å². The van der Waals surface area contributed by atoms with Gasteiger partial charge in [-0.15, -0.1) is 0 Å². The lowest BCUT2D eigenvalue weighted by Crippen LogP contribution is -2.16. The lowest BCUT2D eigenvalue weighted by molar-refractivity contribution is 0.0547. The Morgan fingerprint density at radius 3 is 2.22 bits per heavy atom. The number of rotatable bonds is 13. The topological polar surface area (TPSA) is 116 Å². The average molecular weight is 376 g/mol. The number of aromatic nitrogens is 3. The number of anilines is 2. The molecule has 1 heterocycles. The first-order valence-electron chi connectivity index (χ1n) is 8.90. The molecule has 4 N–H and O–H groups in total. The summed E-state index contributed by atoms with van der Waals surface area (Å²) in [7, 11) is 1.52. The second-order valence-corrected chi connectivity index (χ2v) is 5.75. The molecule has 0 aliphatic heterocycles. The zero-order chi connectivity index (χ0) is 19.3. The molecule has 1 aromatic heterocycles. The number of hydrogen-bond donors (Lipinski definition) is 3. The molecular formula is C18H28N6O3. The van der Waals surface area contributed by atoms with Crippen LogP contribution in [0.1, 0.15) is 11.1 Å². The van der Waals surface area contributed by atoms with Gasteiger partial charge < -0.3 is 30.6 Å². The molecule has 0 spiro atoms. The van der Waals surface area contributed by atoms with E-state index < -0.39 is 0 Å². The zero-order valence-electron chi connectivity index (χ0n) is 15.9. The summed E-state index contributed by atoms with van der Waals surface area (Å²) in [6.45, 7) is 5.85. The molecule has 0 aliphatic carbocycles. The standard InChI is InChI=1S/C18H28N6O3/c1-14-3-5-15(6-4-14)13-21-17-22-16(23-18(24-17)25-2)20-8-10-27-12-11-26-9-7-19/h3-6H,7-13,19H2,1-2H3,(H2,20,21,22,23,24). The highest BCUT2D eigenvalue weighted by atomic mass is 16.5. The molecule has 148 valence electrons. The molecule has 9 heteroatoms.